The first-order valence-electron chi connectivity index (χ1n) is 13.2. The number of amides is 2. The third kappa shape index (κ3) is 7.58. The lowest BCUT2D eigenvalue weighted by molar-refractivity contribution is -0.109. The number of halogens is 2. The molecule has 1 fully saturated rings. The second kappa shape index (κ2) is 13.4. The lowest BCUT2D eigenvalue weighted by Crippen LogP contribution is -2.43. The van der Waals surface area contributed by atoms with Gasteiger partial charge in [0, 0.05) is 24.2 Å². The first-order valence-corrected chi connectivity index (χ1v) is 13.2. The average Bonchev–Trinajstić information content (AvgIpc) is 3.01. The number of carbonyl (C=O) groups excluding carboxylic acids is 2. The zero-order valence-electron chi connectivity index (χ0n) is 22.7. The predicted octanol–water partition coefficient (Wildman–Crippen LogP) is 6.57. The van der Waals surface area contributed by atoms with Crippen LogP contribution < -0.4 is 10.9 Å². The number of nitrogens with one attached hydrogen (secondary N) is 2. The number of anilines is 1. The molecule has 2 amide bonds. The highest BCUT2D eigenvalue weighted by molar-refractivity contribution is 5.94. The summed E-state index contributed by atoms with van der Waals surface area (Å²) < 4.78 is 26.3. The maximum Gasteiger partial charge on any atom is 0.253 e. The first kappa shape index (κ1) is 29.0. The molecule has 0 bridgehead atoms. The third-order valence-corrected chi connectivity index (χ3v) is 7.31. The van der Waals surface area contributed by atoms with Crippen LogP contribution in [-0.4, -0.2) is 30.3 Å². The molecule has 1 aliphatic rings. The number of nitrogens with zero attached hydrogens (tertiary/aromatic N) is 1. The van der Waals surface area contributed by atoms with Gasteiger partial charge in [-0.25, -0.2) is 8.78 Å². The van der Waals surface area contributed by atoms with Crippen LogP contribution in [0.25, 0.3) is 11.1 Å². The van der Waals surface area contributed by atoms with Gasteiger partial charge in [0.05, 0.1) is 5.69 Å². The lowest BCUT2D eigenvalue weighted by Gasteiger charge is -2.40. The molecule has 1 heterocycles. The van der Waals surface area contributed by atoms with Crippen LogP contribution in [0.4, 0.5) is 14.5 Å². The summed E-state index contributed by atoms with van der Waals surface area (Å²) in [5.41, 5.74) is 10.1. The normalized spacial score (nSPS) is 13.7. The number of benzene rings is 4. The van der Waals surface area contributed by atoms with Crippen molar-refractivity contribution in [3.8, 4) is 23.5 Å². The van der Waals surface area contributed by atoms with Crippen LogP contribution in [0.1, 0.15) is 41.3 Å². The molecule has 7 heteroatoms. The molecule has 208 valence electrons. The molecule has 1 aliphatic heterocycles. The van der Waals surface area contributed by atoms with Gasteiger partial charge in [-0.05, 0) is 89.5 Å². The highest BCUT2D eigenvalue weighted by Gasteiger charge is 2.33. The Kier molecular flexibility index (Phi) is 9.49. The fourth-order valence-electron chi connectivity index (χ4n) is 4.77. The molecule has 0 spiro atoms. The van der Waals surface area contributed by atoms with E-state index >= 15 is 0 Å². The molecule has 0 aromatic heterocycles. The fraction of sp³-hybridized carbons (Fsp3) is 0.176. The highest BCUT2D eigenvalue weighted by Crippen LogP contribution is 2.35. The van der Waals surface area contributed by atoms with Crippen LogP contribution in [-0.2, 0) is 10.2 Å². The van der Waals surface area contributed by atoms with Crippen molar-refractivity contribution in [1.29, 1.82) is 0 Å². The second-order valence-corrected chi connectivity index (χ2v) is 10.1. The maximum absolute atomic E-state index is 13.2. The summed E-state index contributed by atoms with van der Waals surface area (Å²) in [5, 5.41) is 0. The van der Waals surface area contributed by atoms with Gasteiger partial charge >= 0.3 is 0 Å². The SMILES string of the molecule is C#Cc1cccc(NNC=O)c1.CC1(c2ccc(F)cc2)CCN(C(=O)c2ccc(-c3ccc(F)cc3)cc2)CC1. The Morgan fingerprint density at radius 1 is 0.878 bits per heavy atom. The number of hydrazine groups is 1. The lowest BCUT2D eigenvalue weighted by atomic mass is 9.74. The van der Waals surface area contributed by atoms with E-state index in [1.54, 1.807) is 24.3 Å². The molecule has 5 nitrogen and oxygen atoms in total. The van der Waals surface area contributed by atoms with Gasteiger partial charge in [-0.3, -0.25) is 20.4 Å². The Labute approximate surface area is 239 Å². The standard InChI is InChI=1S/C25H23F2NO.C9H8N2O/c1-25(21-8-12-23(27)13-9-21)14-16-28(17-15-25)24(29)20-4-2-18(3-5-20)19-6-10-22(26)11-7-19;1-2-8-4-3-5-9(6-8)11-10-7-12/h2-13H,14-17H2,1H3;1,3-7,11H,(H,10,12). The minimum Gasteiger partial charge on any atom is -0.339 e. The fourth-order valence-corrected chi connectivity index (χ4v) is 4.77. The molecule has 4 aromatic carbocycles. The number of carbonyl (C=O) groups is 2. The third-order valence-electron chi connectivity index (χ3n) is 7.31. The van der Waals surface area contributed by atoms with Gasteiger partial charge < -0.3 is 4.90 Å². The molecule has 0 saturated carbocycles. The average molecular weight is 552 g/mol. The van der Waals surface area contributed by atoms with Gasteiger partial charge in [-0.15, -0.1) is 6.42 Å². The summed E-state index contributed by atoms with van der Waals surface area (Å²) in [6.07, 6.45) is 7.43. The van der Waals surface area contributed by atoms with Crippen LogP contribution in [0.15, 0.2) is 97.1 Å². The van der Waals surface area contributed by atoms with E-state index in [2.05, 4.69) is 23.7 Å². The minimum absolute atomic E-state index is 0.0248. The quantitative estimate of drug-likeness (QED) is 0.162. The van der Waals surface area contributed by atoms with E-state index < -0.39 is 0 Å². The van der Waals surface area contributed by atoms with E-state index in [1.807, 2.05) is 53.4 Å². The van der Waals surface area contributed by atoms with Crippen LogP contribution >= 0.6 is 0 Å². The topological polar surface area (TPSA) is 61.4 Å². The van der Waals surface area contributed by atoms with Crippen LogP contribution in [0, 0.1) is 24.0 Å². The summed E-state index contributed by atoms with van der Waals surface area (Å²) >= 11 is 0. The molecule has 1 saturated heterocycles. The molecular weight excluding hydrogens is 520 g/mol. The van der Waals surface area contributed by atoms with Crippen LogP contribution in [0.2, 0.25) is 0 Å². The first-order chi connectivity index (χ1) is 19.8. The summed E-state index contributed by atoms with van der Waals surface area (Å²) in [4.78, 5) is 24.7. The van der Waals surface area contributed by atoms with Crippen molar-refractivity contribution < 1.29 is 18.4 Å². The van der Waals surface area contributed by atoms with Crippen molar-refractivity contribution in [2.45, 2.75) is 25.2 Å². The van der Waals surface area contributed by atoms with E-state index in [-0.39, 0.29) is 23.0 Å². The predicted molar refractivity (Wildman–Crippen MR) is 158 cm³/mol. The number of likely N-dealkylation sites (tertiary alicyclic amines) is 1. The molecule has 0 atom stereocenters. The van der Waals surface area contributed by atoms with Crippen LogP contribution in [0.5, 0.6) is 0 Å². The van der Waals surface area contributed by atoms with E-state index in [1.165, 1.54) is 24.3 Å². The molecule has 0 aliphatic carbocycles. The molecule has 0 radical (unpaired) electrons. The van der Waals surface area contributed by atoms with Gasteiger partial charge in [0.25, 0.3) is 5.91 Å². The molecule has 0 unspecified atom stereocenters. The minimum atomic E-state index is -0.265. The highest BCUT2D eigenvalue weighted by atomic mass is 19.1. The van der Waals surface area contributed by atoms with Gasteiger partial charge in [0.15, 0.2) is 0 Å². The molecule has 5 rings (SSSR count). The molecule has 41 heavy (non-hydrogen) atoms. The molecule has 2 N–H and O–H groups in total. The van der Waals surface area contributed by atoms with Crippen molar-refractivity contribution in [2.24, 2.45) is 0 Å². The monoisotopic (exact) mass is 551 g/mol. The van der Waals surface area contributed by atoms with Crippen molar-refractivity contribution in [2.75, 3.05) is 18.5 Å². The number of hydrogen-bond acceptors (Lipinski definition) is 3. The second-order valence-electron chi connectivity index (χ2n) is 10.1. The van der Waals surface area contributed by atoms with Gasteiger partial charge in [-0.2, -0.15) is 0 Å². The molecule has 4 aromatic rings. The largest absolute Gasteiger partial charge is 0.339 e. The van der Waals surface area contributed by atoms with E-state index in [0.29, 0.717) is 25.1 Å². The molecular formula is C34H31F2N3O2. The van der Waals surface area contributed by atoms with Crippen LogP contribution in [0.3, 0.4) is 0 Å². The Bertz CT molecular complexity index is 1500. The van der Waals surface area contributed by atoms with Gasteiger partial charge in [0.2, 0.25) is 6.41 Å². The van der Waals surface area contributed by atoms with Gasteiger partial charge in [0.1, 0.15) is 11.6 Å². The Morgan fingerprint density at radius 3 is 2.00 bits per heavy atom. The number of piperidine rings is 1. The summed E-state index contributed by atoms with van der Waals surface area (Å²) in [6.45, 7) is 3.53. The number of terminal acetylenes is 1. The maximum atomic E-state index is 13.2. The zero-order chi connectivity index (χ0) is 29.2. The van der Waals surface area contributed by atoms with E-state index in [0.717, 1.165) is 40.8 Å². The van der Waals surface area contributed by atoms with Gasteiger partial charge in [-0.1, -0.05) is 55.3 Å². The van der Waals surface area contributed by atoms with Crippen molar-refractivity contribution in [1.82, 2.24) is 10.3 Å². The smallest absolute Gasteiger partial charge is 0.253 e. The van der Waals surface area contributed by atoms with Crippen molar-refractivity contribution >= 4 is 18.0 Å². The number of rotatable bonds is 6. The number of hydrogen-bond donors (Lipinski definition) is 2. The van der Waals surface area contributed by atoms with E-state index in [9.17, 15) is 18.4 Å². The Morgan fingerprint density at radius 2 is 1.44 bits per heavy atom. The summed E-state index contributed by atoms with van der Waals surface area (Å²) in [6, 6.07) is 27.7. The zero-order valence-corrected chi connectivity index (χ0v) is 22.7. The Hall–Kier alpha value is -4.96. The summed E-state index contributed by atoms with van der Waals surface area (Å²) in [7, 11) is 0. The van der Waals surface area contributed by atoms with E-state index in [4.69, 9.17) is 6.42 Å². The van der Waals surface area contributed by atoms with Crippen molar-refractivity contribution in [3.63, 3.8) is 0 Å². The van der Waals surface area contributed by atoms with Crippen molar-refractivity contribution in [3.05, 3.63) is 125 Å². The summed E-state index contributed by atoms with van der Waals surface area (Å²) in [5.74, 6) is 2.02. The Balaban J connectivity index is 0.000000271.